The maximum atomic E-state index is 13.8. The van der Waals surface area contributed by atoms with E-state index in [-0.39, 0.29) is 5.91 Å². The number of benzene rings is 4. The Bertz CT molecular complexity index is 1470. The maximum absolute atomic E-state index is 13.8. The zero-order valence-electron chi connectivity index (χ0n) is 20.7. The van der Waals surface area contributed by atoms with E-state index >= 15 is 0 Å². The van der Waals surface area contributed by atoms with Crippen LogP contribution in [0.15, 0.2) is 94.8 Å². The monoisotopic (exact) mass is 492 g/mol. The molecule has 4 aromatic carbocycles. The van der Waals surface area contributed by atoms with E-state index in [4.69, 9.17) is 9.73 Å². The molecule has 5 heteroatoms. The minimum absolute atomic E-state index is 0.0943. The first-order valence-corrected chi connectivity index (χ1v) is 13.0. The molecule has 0 N–H and O–H groups in total. The SMILES string of the molecule is CCc1ccc(N=C2SC(=Cc3c(OC)ccc4ccccc34)C(=O)N2c2ccc(CC)cc2)cc1. The Morgan fingerprint density at radius 1 is 0.861 bits per heavy atom. The van der Waals surface area contributed by atoms with Gasteiger partial charge in [0.15, 0.2) is 5.17 Å². The minimum Gasteiger partial charge on any atom is -0.496 e. The highest BCUT2D eigenvalue weighted by molar-refractivity contribution is 8.19. The molecule has 1 heterocycles. The second kappa shape index (κ2) is 10.4. The van der Waals surface area contributed by atoms with Crippen LogP contribution in [0.1, 0.15) is 30.5 Å². The summed E-state index contributed by atoms with van der Waals surface area (Å²) in [5.74, 6) is 0.636. The predicted molar refractivity (Wildman–Crippen MR) is 152 cm³/mol. The molecule has 1 aliphatic rings. The molecule has 180 valence electrons. The van der Waals surface area contributed by atoms with Gasteiger partial charge in [0.2, 0.25) is 0 Å². The van der Waals surface area contributed by atoms with E-state index in [9.17, 15) is 4.79 Å². The molecule has 4 aromatic rings. The third kappa shape index (κ3) is 4.67. The molecule has 0 atom stereocenters. The fourth-order valence-corrected chi connectivity index (χ4v) is 5.29. The van der Waals surface area contributed by atoms with Gasteiger partial charge in [-0.05, 0) is 82.9 Å². The number of aryl methyl sites for hydroxylation is 2. The summed E-state index contributed by atoms with van der Waals surface area (Å²) >= 11 is 1.39. The molecule has 4 nitrogen and oxygen atoms in total. The Kier molecular flexibility index (Phi) is 6.92. The number of anilines is 1. The number of amidine groups is 1. The van der Waals surface area contributed by atoms with Gasteiger partial charge < -0.3 is 4.74 Å². The molecule has 0 spiro atoms. The van der Waals surface area contributed by atoms with Gasteiger partial charge in [-0.1, -0.05) is 68.4 Å². The molecule has 0 aliphatic carbocycles. The zero-order chi connectivity index (χ0) is 25.1. The summed E-state index contributed by atoms with van der Waals surface area (Å²) in [6.45, 7) is 4.25. The lowest BCUT2D eigenvalue weighted by atomic mass is 10.0. The highest BCUT2D eigenvalue weighted by Crippen LogP contribution is 2.40. The van der Waals surface area contributed by atoms with Crippen LogP contribution in [-0.2, 0) is 17.6 Å². The van der Waals surface area contributed by atoms with Crippen LogP contribution in [0.3, 0.4) is 0 Å². The largest absolute Gasteiger partial charge is 0.496 e. The minimum atomic E-state index is -0.0943. The Morgan fingerprint density at radius 2 is 1.53 bits per heavy atom. The van der Waals surface area contributed by atoms with Crippen molar-refractivity contribution in [1.82, 2.24) is 0 Å². The number of carbonyl (C=O) groups excluding carboxylic acids is 1. The average molecular weight is 493 g/mol. The molecule has 1 fully saturated rings. The first kappa shape index (κ1) is 23.9. The van der Waals surface area contributed by atoms with Crippen LogP contribution in [-0.4, -0.2) is 18.2 Å². The fourth-order valence-electron chi connectivity index (χ4n) is 4.31. The molecule has 1 saturated heterocycles. The Morgan fingerprint density at radius 3 is 2.19 bits per heavy atom. The molecule has 5 rings (SSSR count). The topological polar surface area (TPSA) is 41.9 Å². The van der Waals surface area contributed by atoms with E-state index in [2.05, 4.69) is 50.2 Å². The van der Waals surface area contributed by atoms with E-state index in [1.54, 1.807) is 12.0 Å². The van der Waals surface area contributed by atoms with Crippen molar-refractivity contribution in [3.63, 3.8) is 0 Å². The lowest BCUT2D eigenvalue weighted by Gasteiger charge is -2.16. The van der Waals surface area contributed by atoms with Crippen molar-refractivity contribution in [3.05, 3.63) is 107 Å². The Labute approximate surface area is 216 Å². The van der Waals surface area contributed by atoms with Gasteiger partial charge in [0.05, 0.1) is 23.4 Å². The fraction of sp³-hybridized carbons (Fsp3) is 0.161. The number of methoxy groups -OCH3 is 1. The lowest BCUT2D eigenvalue weighted by molar-refractivity contribution is -0.113. The van der Waals surface area contributed by atoms with Gasteiger partial charge in [0.1, 0.15) is 5.75 Å². The van der Waals surface area contributed by atoms with Crippen LogP contribution in [0.5, 0.6) is 5.75 Å². The maximum Gasteiger partial charge on any atom is 0.271 e. The summed E-state index contributed by atoms with van der Waals surface area (Å²) in [6, 6.07) is 28.4. The van der Waals surface area contributed by atoms with Crippen LogP contribution in [0.2, 0.25) is 0 Å². The molecular formula is C31H28N2O2S. The number of rotatable bonds is 6. The third-order valence-corrected chi connectivity index (χ3v) is 7.37. The molecule has 0 aromatic heterocycles. The van der Waals surface area contributed by atoms with Crippen LogP contribution in [0.4, 0.5) is 11.4 Å². The number of fused-ring (bicyclic) bond motifs is 1. The van der Waals surface area contributed by atoms with Crippen LogP contribution < -0.4 is 9.64 Å². The molecule has 36 heavy (non-hydrogen) atoms. The molecule has 1 amide bonds. The molecular weight excluding hydrogens is 464 g/mol. The van der Waals surface area contributed by atoms with E-state index in [1.807, 2.05) is 54.6 Å². The number of carbonyl (C=O) groups is 1. The van der Waals surface area contributed by atoms with Gasteiger partial charge in [-0.2, -0.15) is 0 Å². The molecule has 1 aliphatic heterocycles. The van der Waals surface area contributed by atoms with E-state index < -0.39 is 0 Å². The molecule has 0 radical (unpaired) electrons. The summed E-state index contributed by atoms with van der Waals surface area (Å²) in [6.07, 6.45) is 3.85. The zero-order valence-corrected chi connectivity index (χ0v) is 21.5. The van der Waals surface area contributed by atoms with Crippen LogP contribution in [0.25, 0.3) is 16.8 Å². The first-order chi connectivity index (χ1) is 17.6. The quantitative estimate of drug-likeness (QED) is 0.258. The second-order valence-electron chi connectivity index (χ2n) is 8.59. The Balaban J connectivity index is 1.62. The number of hydrogen-bond acceptors (Lipinski definition) is 4. The third-order valence-electron chi connectivity index (χ3n) is 6.40. The van der Waals surface area contributed by atoms with E-state index in [0.717, 1.165) is 46.3 Å². The van der Waals surface area contributed by atoms with Gasteiger partial charge >= 0.3 is 0 Å². The van der Waals surface area contributed by atoms with E-state index in [1.165, 1.54) is 22.9 Å². The Hall–Kier alpha value is -3.83. The number of thioether (sulfide) groups is 1. The lowest BCUT2D eigenvalue weighted by Crippen LogP contribution is -2.28. The number of amides is 1. The second-order valence-corrected chi connectivity index (χ2v) is 9.60. The van der Waals surface area contributed by atoms with Crippen LogP contribution >= 0.6 is 11.8 Å². The van der Waals surface area contributed by atoms with Crippen molar-refractivity contribution in [2.45, 2.75) is 26.7 Å². The number of nitrogens with zero attached hydrogens (tertiary/aromatic N) is 2. The smallest absolute Gasteiger partial charge is 0.271 e. The summed E-state index contributed by atoms with van der Waals surface area (Å²) in [7, 11) is 1.66. The van der Waals surface area contributed by atoms with Gasteiger partial charge in [-0.25, -0.2) is 4.99 Å². The van der Waals surface area contributed by atoms with Crippen LogP contribution in [0, 0.1) is 0 Å². The number of hydrogen-bond donors (Lipinski definition) is 0. The molecule has 0 saturated carbocycles. The highest BCUT2D eigenvalue weighted by atomic mass is 32.2. The summed E-state index contributed by atoms with van der Waals surface area (Å²) in [4.78, 5) is 21.0. The van der Waals surface area contributed by atoms with Crippen molar-refractivity contribution in [1.29, 1.82) is 0 Å². The van der Waals surface area contributed by atoms with Gasteiger partial charge in [-0.3, -0.25) is 9.69 Å². The van der Waals surface area contributed by atoms with E-state index in [0.29, 0.717) is 10.1 Å². The van der Waals surface area contributed by atoms with Crippen molar-refractivity contribution in [3.8, 4) is 5.75 Å². The van der Waals surface area contributed by atoms with Gasteiger partial charge in [0, 0.05) is 5.56 Å². The number of ether oxygens (including phenoxy) is 1. The molecule has 0 bridgehead atoms. The van der Waals surface area contributed by atoms with Gasteiger partial charge in [0.25, 0.3) is 5.91 Å². The standard InChI is InChI=1S/C31H28N2O2S/c1-4-21-10-15-24(16-11-21)32-31-33(25-17-12-22(5-2)13-18-25)30(34)29(36-31)20-27-26-9-7-6-8-23(26)14-19-28(27)35-3/h6-20H,4-5H2,1-3H3. The predicted octanol–water partition coefficient (Wildman–Crippen LogP) is 7.78. The van der Waals surface area contributed by atoms with Crippen molar-refractivity contribution in [2.75, 3.05) is 12.0 Å². The van der Waals surface area contributed by atoms with Crippen molar-refractivity contribution < 1.29 is 9.53 Å². The normalized spacial score (nSPS) is 15.9. The first-order valence-electron chi connectivity index (χ1n) is 12.2. The summed E-state index contributed by atoms with van der Waals surface area (Å²) < 4.78 is 5.67. The van der Waals surface area contributed by atoms with Crippen molar-refractivity contribution in [2.24, 2.45) is 4.99 Å². The van der Waals surface area contributed by atoms with Crippen molar-refractivity contribution >= 4 is 51.1 Å². The summed E-state index contributed by atoms with van der Waals surface area (Å²) in [5, 5.41) is 2.77. The number of aliphatic imine (C=N–C) groups is 1. The van der Waals surface area contributed by atoms with Gasteiger partial charge in [-0.15, -0.1) is 0 Å². The summed E-state index contributed by atoms with van der Waals surface area (Å²) in [5.41, 5.74) is 5.00. The molecule has 0 unspecified atom stereocenters. The average Bonchev–Trinajstić information content (AvgIpc) is 3.23. The highest BCUT2D eigenvalue weighted by Gasteiger charge is 2.35.